The number of benzene rings is 4. The van der Waals surface area contributed by atoms with Gasteiger partial charge in [0.25, 0.3) is 0 Å². The monoisotopic (exact) mass is 360 g/mol. The summed E-state index contributed by atoms with van der Waals surface area (Å²) < 4.78 is 0. The van der Waals surface area contributed by atoms with E-state index in [9.17, 15) is 0 Å². The highest BCUT2D eigenvalue weighted by Gasteiger charge is 1.95. The molecule has 4 aromatic carbocycles. The lowest BCUT2D eigenvalue weighted by molar-refractivity contribution is 1.71. The van der Waals surface area contributed by atoms with E-state index in [-0.39, 0.29) is 0 Å². The van der Waals surface area contributed by atoms with Crippen LogP contribution >= 0.6 is 0 Å². The summed E-state index contributed by atoms with van der Waals surface area (Å²) in [5.74, 6) is 0. The Morgan fingerprint density at radius 1 is 0.536 bits per heavy atom. The Balaban J connectivity index is 0.000000161. The Kier molecular flexibility index (Phi) is 6.76. The lowest BCUT2D eigenvalue weighted by Gasteiger charge is -2.00. The standard InChI is InChI=1S/2C14H12/c1-2-3-7-12-9-6-10-13-8-4-5-11-14(12)13;1-2-3-6-12-9-10-13-7-4-5-8-14(13)11-12/h2*2-11H,1H2. The van der Waals surface area contributed by atoms with Gasteiger partial charge in [-0.2, -0.15) is 0 Å². The molecule has 0 saturated heterocycles. The normalized spacial score (nSPS) is 10.9. The highest BCUT2D eigenvalue weighted by Crippen LogP contribution is 2.19. The first-order chi connectivity index (χ1) is 13.8. The summed E-state index contributed by atoms with van der Waals surface area (Å²) >= 11 is 0. The van der Waals surface area contributed by atoms with Gasteiger partial charge in [-0.05, 0) is 38.7 Å². The molecular formula is C28H24. The summed E-state index contributed by atoms with van der Waals surface area (Å²) in [7, 11) is 0. The van der Waals surface area contributed by atoms with Crippen LogP contribution in [0.1, 0.15) is 11.1 Å². The van der Waals surface area contributed by atoms with Gasteiger partial charge in [0.2, 0.25) is 0 Å². The van der Waals surface area contributed by atoms with Gasteiger partial charge in [-0.25, -0.2) is 0 Å². The molecule has 4 rings (SSSR count). The summed E-state index contributed by atoms with van der Waals surface area (Å²) in [5, 5.41) is 5.12. The second kappa shape index (κ2) is 9.89. The molecule has 0 bridgehead atoms. The molecule has 0 saturated carbocycles. The third-order valence-corrected chi connectivity index (χ3v) is 4.43. The third-order valence-electron chi connectivity index (χ3n) is 4.43. The molecule has 0 atom stereocenters. The maximum Gasteiger partial charge on any atom is -0.0111 e. The predicted molar refractivity (Wildman–Crippen MR) is 126 cm³/mol. The number of hydrogen-bond donors (Lipinski definition) is 0. The van der Waals surface area contributed by atoms with E-state index in [0.29, 0.717) is 0 Å². The number of fused-ring (bicyclic) bond motifs is 2. The Labute approximate surface area is 167 Å². The maximum atomic E-state index is 3.67. The van der Waals surface area contributed by atoms with Crippen molar-refractivity contribution in [3.05, 3.63) is 134 Å². The van der Waals surface area contributed by atoms with Crippen LogP contribution in [0.4, 0.5) is 0 Å². The highest BCUT2D eigenvalue weighted by molar-refractivity contribution is 5.90. The van der Waals surface area contributed by atoms with Gasteiger partial charge in [-0.15, -0.1) is 0 Å². The molecule has 4 aromatic rings. The van der Waals surface area contributed by atoms with E-state index in [2.05, 4.69) is 110 Å². The molecule has 28 heavy (non-hydrogen) atoms. The van der Waals surface area contributed by atoms with Crippen LogP contribution in [0.25, 0.3) is 33.7 Å². The quantitative estimate of drug-likeness (QED) is 0.323. The van der Waals surface area contributed by atoms with E-state index < -0.39 is 0 Å². The lowest BCUT2D eigenvalue weighted by Crippen LogP contribution is -1.76. The van der Waals surface area contributed by atoms with Crippen molar-refractivity contribution >= 4 is 33.7 Å². The summed E-state index contributed by atoms with van der Waals surface area (Å²) in [5.41, 5.74) is 2.45. The van der Waals surface area contributed by atoms with Crippen LogP contribution in [0.15, 0.2) is 122 Å². The molecule has 0 aromatic heterocycles. The average molecular weight is 361 g/mol. The molecule has 0 aliphatic heterocycles. The van der Waals surface area contributed by atoms with E-state index in [4.69, 9.17) is 0 Å². The van der Waals surface area contributed by atoms with Crippen molar-refractivity contribution in [2.75, 3.05) is 0 Å². The van der Waals surface area contributed by atoms with Crippen LogP contribution in [0.5, 0.6) is 0 Å². The fourth-order valence-electron chi connectivity index (χ4n) is 3.06. The van der Waals surface area contributed by atoms with Gasteiger partial charge in [0.05, 0.1) is 0 Å². The zero-order valence-electron chi connectivity index (χ0n) is 16.0. The maximum absolute atomic E-state index is 3.67. The van der Waals surface area contributed by atoms with Crippen molar-refractivity contribution in [1.82, 2.24) is 0 Å². The minimum Gasteiger partial charge on any atom is -0.0991 e. The fourth-order valence-corrected chi connectivity index (χ4v) is 3.06. The van der Waals surface area contributed by atoms with Gasteiger partial charge in [0.1, 0.15) is 0 Å². The van der Waals surface area contributed by atoms with Crippen LogP contribution in [-0.2, 0) is 0 Å². The van der Waals surface area contributed by atoms with Crippen LogP contribution in [0.3, 0.4) is 0 Å². The molecule has 0 heterocycles. The molecule has 0 aliphatic rings. The second-order valence-corrected chi connectivity index (χ2v) is 6.36. The third kappa shape index (κ3) is 4.96. The predicted octanol–water partition coefficient (Wildman–Crippen LogP) is 8.08. The Morgan fingerprint density at radius 3 is 1.96 bits per heavy atom. The number of hydrogen-bond acceptors (Lipinski definition) is 0. The zero-order valence-corrected chi connectivity index (χ0v) is 16.0. The summed E-state index contributed by atoms with van der Waals surface area (Å²) in [6, 6.07) is 29.5. The topological polar surface area (TPSA) is 0 Å². The molecule has 0 N–H and O–H groups in total. The largest absolute Gasteiger partial charge is 0.0991 e. The van der Waals surface area contributed by atoms with Gasteiger partial charge in [0, 0.05) is 0 Å². The van der Waals surface area contributed by atoms with Crippen molar-refractivity contribution in [3.8, 4) is 0 Å². The molecule has 0 spiro atoms. The van der Waals surface area contributed by atoms with Gasteiger partial charge >= 0.3 is 0 Å². The zero-order chi connectivity index (χ0) is 19.6. The van der Waals surface area contributed by atoms with Gasteiger partial charge < -0.3 is 0 Å². The summed E-state index contributed by atoms with van der Waals surface area (Å²) in [6.07, 6.45) is 11.6. The summed E-state index contributed by atoms with van der Waals surface area (Å²) in [4.78, 5) is 0. The first-order valence-electron chi connectivity index (χ1n) is 9.36. The lowest BCUT2D eigenvalue weighted by atomic mass is 10.0. The smallest absolute Gasteiger partial charge is 0.0111 e. The highest BCUT2D eigenvalue weighted by atomic mass is 14.0. The van der Waals surface area contributed by atoms with Gasteiger partial charge in [0.15, 0.2) is 0 Å². The minimum atomic E-state index is 1.21. The van der Waals surface area contributed by atoms with Crippen molar-refractivity contribution in [2.45, 2.75) is 0 Å². The molecule has 0 heteroatoms. The van der Waals surface area contributed by atoms with E-state index in [1.54, 1.807) is 12.2 Å². The SMILES string of the molecule is C=CC=Cc1ccc2ccccc2c1.C=CC=Cc1cccc2ccccc12. The van der Waals surface area contributed by atoms with Gasteiger partial charge in [-0.1, -0.05) is 128 Å². The molecule has 136 valence electrons. The Bertz CT molecular complexity index is 1130. The first kappa shape index (κ1) is 19.1. The van der Waals surface area contributed by atoms with E-state index >= 15 is 0 Å². The molecule has 0 fully saturated rings. The van der Waals surface area contributed by atoms with E-state index in [1.165, 1.54) is 32.7 Å². The van der Waals surface area contributed by atoms with Crippen molar-refractivity contribution in [1.29, 1.82) is 0 Å². The van der Waals surface area contributed by atoms with Crippen LogP contribution in [0.2, 0.25) is 0 Å². The molecule has 0 radical (unpaired) electrons. The van der Waals surface area contributed by atoms with Crippen molar-refractivity contribution < 1.29 is 0 Å². The Morgan fingerprint density at radius 2 is 1.18 bits per heavy atom. The summed E-state index contributed by atoms with van der Waals surface area (Å²) in [6.45, 7) is 7.32. The first-order valence-corrected chi connectivity index (χ1v) is 9.36. The van der Waals surface area contributed by atoms with E-state index in [1.807, 2.05) is 12.2 Å². The van der Waals surface area contributed by atoms with Crippen LogP contribution in [-0.4, -0.2) is 0 Å². The molecular weight excluding hydrogens is 336 g/mol. The second-order valence-electron chi connectivity index (χ2n) is 6.36. The minimum absolute atomic E-state index is 1.21. The van der Waals surface area contributed by atoms with Gasteiger partial charge in [-0.3, -0.25) is 0 Å². The number of rotatable bonds is 4. The average Bonchev–Trinajstić information content (AvgIpc) is 2.76. The van der Waals surface area contributed by atoms with Crippen molar-refractivity contribution in [2.24, 2.45) is 0 Å². The Hall–Kier alpha value is -3.64. The molecule has 0 aliphatic carbocycles. The fraction of sp³-hybridized carbons (Fsp3) is 0. The molecule has 0 unspecified atom stereocenters. The molecule has 0 nitrogen and oxygen atoms in total. The van der Waals surface area contributed by atoms with Crippen molar-refractivity contribution in [3.63, 3.8) is 0 Å². The molecule has 0 amide bonds. The van der Waals surface area contributed by atoms with E-state index in [0.717, 1.165) is 0 Å². The van der Waals surface area contributed by atoms with Crippen LogP contribution < -0.4 is 0 Å². The van der Waals surface area contributed by atoms with Crippen LogP contribution in [0, 0.1) is 0 Å². The number of allylic oxidation sites excluding steroid dienone is 4.